The molecule has 0 fully saturated rings. The van der Waals surface area contributed by atoms with Crippen molar-refractivity contribution in [2.45, 2.75) is 11.4 Å². The third-order valence-electron chi connectivity index (χ3n) is 2.74. The molecule has 20 heavy (non-hydrogen) atoms. The number of ether oxygens (including phenoxy) is 1. The molecule has 0 saturated heterocycles. The number of nitrogen functional groups attached to an aromatic ring is 1. The molecule has 0 aliphatic carbocycles. The van der Waals surface area contributed by atoms with E-state index in [0.29, 0.717) is 5.75 Å². The number of benzene rings is 1. The number of aromatic nitrogens is 2. The van der Waals surface area contributed by atoms with E-state index in [9.17, 15) is 8.42 Å². The molecule has 3 N–H and O–H groups in total. The van der Waals surface area contributed by atoms with Gasteiger partial charge in [0.25, 0.3) is 0 Å². The minimum atomic E-state index is -3.62. The van der Waals surface area contributed by atoms with E-state index in [-0.39, 0.29) is 17.1 Å². The lowest BCUT2D eigenvalue weighted by Crippen LogP contribution is -2.23. The van der Waals surface area contributed by atoms with Crippen LogP contribution in [-0.4, -0.2) is 25.3 Å². The first-order valence-electron chi connectivity index (χ1n) is 5.83. The molecule has 1 aromatic carbocycles. The third-order valence-corrected chi connectivity index (χ3v) is 4.14. The largest absolute Gasteiger partial charge is 0.495 e. The van der Waals surface area contributed by atoms with Crippen molar-refractivity contribution in [2.75, 3.05) is 12.8 Å². The number of sulfonamides is 1. The van der Waals surface area contributed by atoms with E-state index in [0.717, 1.165) is 5.56 Å². The second kappa shape index (κ2) is 5.51. The Hall–Kier alpha value is -2.06. The Labute approximate surface area is 117 Å². The molecule has 0 saturated carbocycles. The van der Waals surface area contributed by atoms with Gasteiger partial charge in [-0.2, -0.15) is 5.10 Å². The number of rotatable bonds is 5. The molecule has 2 rings (SSSR count). The molecule has 1 heterocycles. The van der Waals surface area contributed by atoms with Crippen LogP contribution in [0, 0.1) is 0 Å². The van der Waals surface area contributed by atoms with Crippen LogP contribution in [0.25, 0.3) is 0 Å². The molecule has 0 radical (unpaired) electrons. The first-order valence-corrected chi connectivity index (χ1v) is 7.31. The highest BCUT2D eigenvalue weighted by Gasteiger charge is 2.15. The Morgan fingerprint density at radius 3 is 2.75 bits per heavy atom. The maximum absolute atomic E-state index is 12.1. The number of nitrogens with zero attached hydrogens (tertiary/aromatic N) is 2. The predicted octanol–water partition coefficient (Wildman–Crippen LogP) is 0.489. The maximum Gasteiger partial charge on any atom is 0.240 e. The van der Waals surface area contributed by atoms with Gasteiger partial charge in [0.2, 0.25) is 10.0 Å². The van der Waals surface area contributed by atoms with E-state index in [2.05, 4.69) is 9.82 Å². The zero-order valence-electron chi connectivity index (χ0n) is 11.2. The predicted molar refractivity (Wildman–Crippen MR) is 74.6 cm³/mol. The van der Waals surface area contributed by atoms with Crippen molar-refractivity contribution in [1.82, 2.24) is 14.5 Å². The molecule has 8 heteroatoms. The fourth-order valence-electron chi connectivity index (χ4n) is 1.70. The Morgan fingerprint density at radius 1 is 1.45 bits per heavy atom. The van der Waals surface area contributed by atoms with Crippen molar-refractivity contribution < 1.29 is 13.2 Å². The normalized spacial score (nSPS) is 11.5. The highest BCUT2D eigenvalue weighted by Crippen LogP contribution is 2.24. The van der Waals surface area contributed by atoms with Gasteiger partial charge in [0.05, 0.1) is 23.9 Å². The number of aryl methyl sites for hydroxylation is 1. The second-order valence-electron chi connectivity index (χ2n) is 4.25. The molecule has 0 amide bonds. The first kappa shape index (κ1) is 14.4. The maximum atomic E-state index is 12.1. The standard InChI is InChI=1S/C12H16N4O3S/c1-16-8-9(6-14-16)7-15-20(17,18)10-3-4-12(19-2)11(13)5-10/h3-6,8,15H,7,13H2,1-2H3. The lowest BCUT2D eigenvalue weighted by Gasteiger charge is -2.09. The summed E-state index contributed by atoms with van der Waals surface area (Å²) in [6.07, 6.45) is 3.34. The van der Waals surface area contributed by atoms with Crippen LogP contribution in [0.2, 0.25) is 0 Å². The highest BCUT2D eigenvalue weighted by molar-refractivity contribution is 7.89. The van der Waals surface area contributed by atoms with E-state index < -0.39 is 10.0 Å². The Morgan fingerprint density at radius 2 is 2.20 bits per heavy atom. The van der Waals surface area contributed by atoms with E-state index in [4.69, 9.17) is 10.5 Å². The fourth-order valence-corrected chi connectivity index (χ4v) is 2.76. The quantitative estimate of drug-likeness (QED) is 0.782. The van der Waals surface area contributed by atoms with Gasteiger partial charge in [-0.15, -0.1) is 0 Å². The van der Waals surface area contributed by atoms with E-state index in [1.165, 1.54) is 25.3 Å². The van der Waals surface area contributed by atoms with Crippen LogP contribution >= 0.6 is 0 Å². The number of anilines is 1. The highest BCUT2D eigenvalue weighted by atomic mass is 32.2. The van der Waals surface area contributed by atoms with Gasteiger partial charge in [-0.05, 0) is 18.2 Å². The van der Waals surface area contributed by atoms with Gasteiger partial charge in [0, 0.05) is 25.4 Å². The molecule has 2 aromatic rings. The molecule has 0 aliphatic heterocycles. The van der Waals surface area contributed by atoms with E-state index in [1.807, 2.05) is 0 Å². The summed E-state index contributed by atoms with van der Waals surface area (Å²) in [4.78, 5) is 0.0969. The molecule has 0 bridgehead atoms. The smallest absolute Gasteiger partial charge is 0.240 e. The van der Waals surface area contributed by atoms with Gasteiger partial charge >= 0.3 is 0 Å². The van der Waals surface area contributed by atoms with Crippen LogP contribution in [0.3, 0.4) is 0 Å². The zero-order valence-corrected chi connectivity index (χ0v) is 12.0. The van der Waals surface area contributed by atoms with Crippen LogP contribution in [0.4, 0.5) is 5.69 Å². The second-order valence-corrected chi connectivity index (χ2v) is 6.02. The molecule has 7 nitrogen and oxygen atoms in total. The monoisotopic (exact) mass is 296 g/mol. The average molecular weight is 296 g/mol. The molecule has 0 atom stereocenters. The van der Waals surface area contributed by atoms with E-state index >= 15 is 0 Å². The summed E-state index contributed by atoms with van der Waals surface area (Å²) in [7, 11) is -0.381. The number of hydrogen-bond acceptors (Lipinski definition) is 5. The van der Waals surface area contributed by atoms with Crippen molar-refractivity contribution in [1.29, 1.82) is 0 Å². The van der Waals surface area contributed by atoms with Crippen LogP contribution in [0.15, 0.2) is 35.5 Å². The SMILES string of the molecule is COc1ccc(S(=O)(=O)NCc2cnn(C)c2)cc1N. The zero-order chi connectivity index (χ0) is 14.8. The molecule has 1 aromatic heterocycles. The summed E-state index contributed by atoms with van der Waals surface area (Å²) >= 11 is 0. The van der Waals surface area contributed by atoms with Crippen LogP contribution in [-0.2, 0) is 23.6 Å². The van der Waals surface area contributed by atoms with Gasteiger partial charge in [0.1, 0.15) is 5.75 Å². The van der Waals surface area contributed by atoms with Crippen molar-refractivity contribution in [3.8, 4) is 5.75 Å². The summed E-state index contributed by atoms with van der Waals surface area (Å²) in [5.41, 5.74) is 6.76. The molecule has 0 unspecified atom stereocenters. The van der Waals surface area contributed by atoms with Crippen molar-refractivity contribution in [3.05, 3.63) is 36.2 Å². The van der Waals surface area contributed by atoms with Crippen LogP contribution in [0.5, 0.6) is 5.75 Å². The van der Waals surface area contributed by atoms with Gasteiger partial charge in [0.15, 0.2) is 0 Å². The topological polar surface area (TPSA) is 99.2 Å². The summed E-state index contributed by atoms with van der Waals surface area (Å²) in [6.45, 7) is 0.169. The van der Waals surface area contributed by atoms with Gasteiger partial charge < -0.3 is 10.5 Å². The molecular weight excluding hydrogens is 280 g/mol. The van der Waals surface area contributed by atoms with Gasteiger partial charge in [-0.25, -0.2) is 13.1 Å². The minimum absolute atomic E-state index is 0.0969. The number of nitrogens with one attached hydrogen (secondary N) is 1. The van der Waals surface area contributed by atoms with Crippen molar-refractivity contribution in [3.63, 3.8) is 0 Å². The average Bonchev–Trinajstić information content (AvgIpc) is 2.82. The lowest BCUT2D eigenvalue weighted by atomic mass is 10.3. The Bertz CT molecular complexity index is 709. The van der Waals surface area contributed by atoms with Crippen LogP contribution < -0.4 is 15.2 Å². The fraction of sp³-hybridized carbons (Fsp3) is 0.250. The van der Waals surface area contributed by atoms with Crippen LogP contribution in [0.1, 0.15) is 5.56 Å². The Kier molecular flexibility index (Phi) is 3.96. The van der Waals surface area contributed by atoms with Gasteiger partial charge in [-0.3, -0.25) is 4.68 Å². The number of nitrogens with two attached hydrogens (primary N) is 1. The minimum Gasteiger partial charge on any atom is -0.495 e. The third kappa shape index (κ3) is 3.09. The summed E-state index contributed by atoms with van der Waals surface area (Å²) in [5.74, 6) is 0.441. The molecule has 0 aliphatic rings. The molecule has 108 valence electrons. The van der Waals surface area contributed by atoms with Gasteiger partial charge in [-0.1, -0.05) is 0 Å². The van der Waals surface area contributed by atoms with E-state index in [1.54, 1.807) is 24.1 Å². The molecule has 0 spiro atoms. The summed E-state index contributed by atoms with van der Waals surface area (Å²) < 4.78 is 33.4. The summed E-state index contributed by atoms with van der Waals surface area (Å²) in [6, 6.07) is 4.33. The number of methoxy groups -OCH3 is 1. The van der Waals surface area contributed by atoms with Crippen molar-refractivity contribution in [2.24, 2.45) is 7.05 Å². The lowest BCUT2D eigenvalue weighted by molar-refractivity contribution is 0.416. The first-order chi connectivity index (χ1) is 9.42. The number of hydrogen-bond donors (Lipinski definition) is 2. The van der Waals surface area contributed by atoms with Crippen molar-refractivity contribution >= 4 is 15.7 Å². The summed E-state index contributed by atoms with van der Waals surface area (Å²) in [5, 5.41) is 3.97. The Balaban J connectivity index is 2.15. The molecular formula is C12H16N4O3S.